The average molecular weight is 336 g/mol. The predicted octanol–water partition coefficient (Wildman–Crippen LogP) is 1.08. The maximum atomic E-state index is 11.2. The zero-order valence-electron chi connectivity index (χ0n) is 11.5. The molecule has 5 nitrogen and oxygen atoms in total. The van der Waals surface area contributed by atoms with E-state index < -0.39 is 24.4 Å². The Morgan fingerprint density at radius 1 is 1.47 bits per heavy atom. The highest BCUT2D eigenvalue weighted by molar-refractivity contribution is 9.11. The fourth-order valence-corrected chi connectivity index (χ4v) is 2.67. The van der Waals surface area contributed by atoms with Crippen molar-refractivity contribution in [3.05, 3.63) is 10.6 Å². The van der Waals surface area contributed by atoms with Gasteiger partial charge in [-0.15, -0.1) is 0 Å². The van der Waals surface area contributed by atoms with Gasteiger partial charge in [0.25, 0.3) is 0 Å². The lowest BCUT2D eigenvalue weighted by Crippen LogP contribution is -2.57. The van der Waals surface area contributed by atoms with Crippen molar-refractivity contribution in [2.45, 2.75) is 64.1 Å². The Labute approximate surface area is 122 Å². The number of rotatable bonds is 5. The van der Waals surface area contributed by atoms with Gasteiger partial charge in [0.15, 0.2) is 0 Å². The van der Waals surface area contributed by atoms with Crippen molar-refractivity contribution in [3.63, 3.8) is 0 Å². The number of carbonyl (C=O) groups is 1. The molecule has 19 heavy (non-hydrogen) atoms. The first-order valence-electron chi connectivity index (χ1n) is 6.56. The first-order valence-corrected chi connectivity index (χ1v) is 7.35. The third-order valence-electron chi connectivity index (χ3n) is 3.28. The number of hydrogen-bond donors (Lipinski definition) is 3. The number of aliphatic hydroxyl groups is 2. The average Bonchev–Trinajstić information content (AvgIpc) is 2.37. The topological polar surface area (TPSA) is 78.8 Å². The third-order valence-corrected chi connectivity index (χ3v) is 4.02. The fourth-order valence-electron chi connectivity index (χ4n) is 2.14. The van der Waals surface area contributed by atoms with Gasteiger partial charge in [0, 0.05) is 11.4 Å². The molecule has 0 aromatic rings. The first kappa shape index (κ1) is 16.6. The highest BCUT2D eigenvalue weighted by Crippen LogP contribution is 2.27. The van der Waals surface area contributed by atoms with Crippen molar-refractivity contribution in [3.8, 4) is 0 Å². The summed E-state index contributed by atoms with van der Waals surface area (Å²) in [5.41, 5.74) is 0. The molecule has 0 saturated heterocycles. The highest BCUT2D eigenvalue weighted by Gasteiger charge is 2.39. The molecular weight excluding hydrogens is 314 g/mol. The molecule has 1 aliphatic carbocycles. The summed E-state index contributed by atoms with van der Waals surface area (Å²) in [6.45, 7) is 5.42. The Morgan fingerprint density at radius 3 is 2.53 bits per heavy atom. The summed E-state index contributed by atoms with van der Waals surface area (Å²) in [5.74, 6) is -0.263. The number of halogens is 1. The molecule has 0 aromatic carbocycles. The molecule has 0 radical (unpaired) electrons. The van der Waals surface area contributed by atoms with Crippen LogP contribution in [0.15, 0.2) is 10.6 Å². The van der Waals surface area contributed by atoms with E-state index in [-0.39, 0.29) is 12.0 Å². The number of amides is 1. The number of carbonyl (C=O) groups excluding carboxylic acids is 1. The molecule has 0 saturated carbocycles. The van der Waals surface area contributed by atoms with Gasteiger partial charge in [-0.25, -0.2) is 0 Å². The summed E-state index contributed by atoms with van der Waals surface area (Å²) in [4.78, 5) is 11.2. The van der Waals surface area contributed by atoms with Gasteiger partial charge in [0.1, 0.15) is 12.2 Å². The second kappa shape index (κ2) is 7.38. The minimum Gasteiger partial charge on any atom is -0.388 e. The van der Waals surface area contributed by atoms with E-state index >= 15 is 0 Å². The Kier molecular flexibility index (Phi) is 6.46. The van der Waals surface area contributed by atoms with Crippen molar-refractivity contribution >= 4 is 21.8 Å². The van der Waals surface area contributed by atoms with Crippen LogP contribution >= 0.6 is 15.9 Å². The van der Waals surface area contributed by atoms with E-state index in [0.29, 0.717) is 4.48 Å². The largest absolute Gasteiger partial charge is 0.388 e. The molecule has 6 heteroatoms. The molecule has 3 N–H and O–H groups in total. The van der Waals surface area contributed by atoms with Crippen LogP contribution in [0.3, 0.4) is 0 Å². The van der Waals surface area contributed by atoms with Crippen LogP contribution in [0.4, 0.5) is 0 Å². The Bertz CT molecular complexity index is 344. The number of nitrogens with one attached hydrogen (secondary N) is 1. The maximum Gasteiger partial charge on any atom is 0.217 e. The number of ether oxygens (including phenoxy) is 1. The van der Waals surface area contributed by atoms with Crippen molar-refractivity contribution < 1.29 is 19.7 Å². The van der Waals surface area contributed by atoms with E-state index in [1.807, 2.05) is 13.8 Å². The summed E-state index contributed by atoms with van der Waals surface area (Å²) in [6, 6.07) is -0.644. The van der Waals surface area contributed by atoms with Gasteiger partial charge in [-0.1, -0.05) is 29.8 Å². The van der Waals surface area contributed by atoms with Crippen LogP contribution in [-0.2, 0) is 9.53 Å². The van der Waals surface area contributed by atoms with Crippen molar-refractivity contribution in [1.29, 1.82) is 0 Å². The molecule has 0 aliphatic heterocycles. The minimum atomic E-state index is -1.09. The van der Waals surface area contributed by atoms with Gasteiger partial charge in [-0.3, -0.25) is 4.79 Å². The SMILES string of the molecule is CCC(CC)O[C@@H]1C=C(Br)C(O)C(O)C1NC(C)=O. The monoisotopic (exact) mass is 335 g/mol. The molecule has 4 atom stereocenters. The second-order valence-electron chi connectivity index (χ2n) is 4.75. The minimum absolute atomic E-state index is 0.0558. The summed E-state index contributed by atoms with van der Waals surface area (Å²) in [5, 5.41) is 22.5. The smallest absolute Gasteiger partial charge is 0.217 e. The lowest BCUT2D eigenvalue weighted by molar-refractivity contribution is -0.125. The maximum absolute atomic E-state index is 11.2. The molecule has 1 amide bonds. The molecule has 110 valence electrons. The summed E-state index contributed by atoms with van der Waals surface area (Å²) in [6.07, 6.45) is 0.868. The summed E-state index contributed by atoms with van der Waals surface area (Å²) >= 11 is 3.22. The predicted molar refractivity (Wildman–Crippen MR) is 75.9 cm³/mol. The van der Waals surface area contributed by atoms with Crippen LogP contribution in [0, 0.1) is 0 Å². The zero-order chi connectivity index (χ0) is 14.6. The molecule has 1 rings (SSSR count). The normalized spacial score (nSPS) is 31.2. The summed E-state index contributed by atoms with van der Waals surface area (Å²) in [7, 11) is 0. The Balaban J connectivity index is 2.90. The van der Waals surface area contributed by atoms with Gasteiger partial charge in [-0.05, 0) is 18.9 Å². The van der Waals surface area contributed by atoms with Crippen LogP contribution in [0.5, 0.6) is 0 Å². The molecule has 0 fully saturated rings. The Morgan fingerprint density at radius 2 is 2.05 bits per heavy atom. The number of aliphatic hydroxyl groups excluding tert-OH is 2. The molecule has 0 bridgehead atoms. The van der Waals surface area contributed by atoms with Crippen LogP contribution < -0.4 is 5.32 Å². The van der Waals surface area contributed by atoms with Gasteiger partial charge in [0.05, 0.1) is 18.2 Å². The van der Waals surface area contributed by atoms with E-state index in [0.717, 1.165) is 12.8 Å². The van der Waals surface area contributed by atoms with Crippen molar-refractivity contribution in [2.75, 3.05) is 0 Å². The Hall–Kier alpha value is -0.430. The van der Waals surface area contributed by atoms with Gasteiger partial charge < -0.3 is 20.3 Å². The van der Waals surface area contributed by atoms with E-state index in [9.17, 15) is 15.0 Å². The second-order valence-corrected chi connectivity index (χ2v) is 5.67. The van der Waals surface area contributed by atoms with Crippen LogP contribution in [0.2, 0.25) is 0 Å². The highest BCUT2D eigenvalue weighted by atomic mass is 79.9. The number of hydrogen-bond acceptors (Lipinski definition) is 4. The van der Waals surface area contributed by atoms with E-state index in [2.05, 4.69) is 21.2 Å². The quantitative estimate of drug-likeness (QED) is 0.702. The lowest BCUT2D eigenvalue weighted by Gasteiger charge is -2.37. The summed E-state index contributed by atoms with van der Waals surface area (Å²) < 4.78 is 6.38. The van der Waals surface area contributed by atoms with E-state index in [4.69, 9.17) is 4.74 Å². The van der Waals surface area contributed by atoms with Gasteiger partial charge in [0.2, 0.25) is 5.91 Å². The van der Waals surface area contributed by atoms with Crippen molar-refractivity contribution in [1.82, 2.24) is 5.32 Å². The fraction of sp³-hybridized carbons (Fsp3) is 0.769. The van der Waals surface area contributed by atoms with Gasteiger partial charge in [-0.2, -0.15) is 0 Å². The van der Waals surface area contributed by atoms with E-state index in [1.54, 1.807) is 6.08 Å². The van der Waals surface area contributed by atoms with Gasteiger partial charge >= 0.3 is 0 Å². The molecule has 1 aliphatic rings. The van der Waals surface area contributed by atoms with E-state index in [1.165, 1.54) is 6.92 Å². The first-order chi connectivity index (χ1) is 8.90. The third kappa shape index (κ3) is 4.27. The molecule has 0 heterocycles. The molecular formula is C13H22BrNO4. The van der Waals surface area contributed by atoms with Crippen LogP contribution in [0.25, 0.3) is 0 Å². The standard InChI is InChI=1S/C13H22BrNO4/c1-4-8(5-2)19-10-6-9(14)12(17)13(18)11(10)15-7(3)16/h6,8,10-13,17-18H,4-5H2,1-3H3,(H,15,16)/t10-,11?,12?,13?/m1/s1. The lowest BCUT2D eigenvalue weighted by atomic mass is 9.93. The molecule has 3 unspecified atom stereocenters. The molecule has 0 spiro atoms. The van der Waals surface area contributed by atoms with Crippen molar-refractivity contribution in [2.24, 2.45) is 0 Å². The zero-order valence-corrected chi connectivity index (χ0v) is 13.1. The molecule has 0 aromatic heterocycles. The van der Waals surface area contributed by atoms with Crippen LogP contribution in [-0.4, -0.2) is 46.6 Å². The van der Waals surface area contributed by atoms with Crippen LogP contribution in [0.1, 0.15) is 33.6 Å².